The zero-order valence-electron chi connectivity index (χ0n) is 16.9. The molecule has 0 aliphatic rings. The van der Waals surface area contributed by atoms with E-state index >= 15 is 0 Å². The monoisotopic (exact) mass is 442 g/mol. The molecule has 1 unspecified atom stereocenters. The average molecular weight is 443 g/mol. The van der Waals surface area contributed by atoms with Gasteiger partial charge in [-0.1, -0.05) is 35.9 Å². The van der Waals surface area contributed by atoms with Gasteiger partial charge in [-0.15, -0.1) is 0 Å². The summed E-state index contributed by atoms with van der Waals surface area (Å²) in [5, 5.41) is 3.41. The lowest BCUT2D eigenvalue weighted by Crippen LogP contribution is -2.26. The number of carbonyl (C=O) groups excluding carboxylic acids is 1. The highest BCUT2D eigenvalue weighted by atomic mass is 35.5. The number of aryl methyl sites for hydroxylation is 2. The Labute approximate surface area is 182 Å². The first-order valence-electron chi connectivity index (χ1n) is 9.42. The maximum absolute atomic E-state index is 12.7. The molecule has 30 heavy (non-hydrogen) atoms. The van der Waals surface area contributed by atoms with Crippen LogP contribution in [-0.4, -0.2) is 14.3 Å². The molecule has 0 aliphatic carbocycles. The number of benzene rings is 3. The Kier molecular flexibility index (Phi) is 6.48. The molecule has 0 fully saturated rings. The predicted octanol–water partition coefficient (Wildman–Crippen LogP) is 5.25. The van der Waals surface area contributed by atoms with Gasteiger partial charge in [0.1, 0.15) is 0 Å². The summed E-state index contributed by atoms with van der Waals surface area (Å²) >= 11 is 5.82. The van der Waals surface area contributed by atoms with E-state index in [4.69, 9.17) is 11.6 Å². The SMILES string of the molecule is Cc1ccc(C(C)NC(=O)c2cccc(NS(=O)(=O)c3ccc(Cl)cc3)c2)cc1C. The van der Waals surface area contributed by atoms with Crippen molar-refractivity contribution in [2.45, 2.75) is 31.7 Å². The molecule has 2 N–H and O–H groups in total. The molecule has 156 valence electrons. The fraction of sp³-hybridized carbons (Fsp3) is 0.174. The molecule has 0 aliphatic heterocycles. The molecule has 0 saturated carbocycles. The summed E-state index contributed by atoms with van der Waals surface area (Å²) in [7, 11) is -3.79. The van der Waals surface area contributed by atoms with Gasteiger partial charge < -0.3 is 5.32 Å². The lowest BCUT2D eigenvalue weighted by molar-refractivity contribution is 0.0940. The molecule has 0 radical (unpaired) electrons. The van der Waals surface area contributed by atoms with Crippen LogP contribution < -0.4 is 10.0 Å². The second kappa shape index (κ2) is 8.90. The van der Waals surface area contributed by atoms with Crippen LogP contribution in [0.4, 0.5) is 5.69 Å². The van der Waals surface area contributed by atoms with Crippen molar-refractivity contribution in [3.8, 4) is 0 Å². The third-order valence-electron chi connectivity index (χ3n) is 4.88. The van der Waals surface area contributed by atoms with Gasteiger partial charge in [0.25, 0.3) is 15.9 Å². The van der Waals surface area contributed by atoms with Crippen LogP contribution in [-0.2, 0) is 10.0 Å². The molecule has 0 saturated heterocycles. The number of sulfonamides is 1. The number of anilines is 1. The maximum atomic E-state index is 12.7. The van der Waals surface area contributed by atoms with Gasteiger partial charge in [-0.3, -0.25) is 9.52 Å². The van der Waals surface area contributed by atoms with Crippen LogP contribution in [0.2, 0.25) is 5.02 Å². The van der Waals surface area contributed by atoms with Gasteiger partial charge in [0.05, 0.1) is 10.9 Å². The molecule has 5 nitrogen and oxygen atoms in total. The van der Waals surface area contributed by atoms with Crippen LogP contribution in [0.25, 0.3) is 0 Å². The van der Waals surface area contributed by atoms with Crippen molar-refractivity contribution in [3.63, 3.8) is 0 Å². The summed E-state index contributed by atoms with van der Waals surface area (Å²) in [6.45, 7) is 5.98. The minimum Gasteiger partial charge on any atom is -0.346 e. The Balaban J connectivity index is 1.75. The van der Waals surface area contributed by atoms with Gasteiger partial charge in [-0.2, -0.15) is 0 Å². The highest BCUT2D eigenvalue weighted by molar-refractivity contribution is 7.92. The van der Waals surface area contributed by atoms with Crippen molar-refractivity contribution in [3.05, 3.63) is 94.0 Å². The first-order valence-corrected chi connectivity index (χ1v) is 11.3. The van der Waals surface area contributed by atoms with Crippen molar-refractivity contribution in [1.29, 1.82) is 0 Å². The van der Waals surface area contributed by atoms with E-state index in [1.54, 1.807) is 18.2 Å². The van der Waals surface area contributed by atoms with Gasteiger partial charge in [0, 0.05) is 16.3 Å². The molecule has 0 spiro atoms. The number of halogens is 1. The standard InChI is InChI=1S/C23H23ClN2O3S/c1-15-7-8-18(13-16(15)2)17(3)25-23(27)19-5-4-6-21(14-19)26-30(28,29)22-11-9-20(24)10-12-22/h4-14,17,26H,1-3H3,(H,25,27). The van der Waals surface area contributed by atoms with Crippen molar-refractivity contribution < 1.29 is 13.2 Å². The second-order valence-electron chi connectivity index (χ2n) is 7.18. The molecule has 3 aromatic carbocycles. The van der Waals surface area contributed by atoms with Crippen molar-refractivity contribution in [2.24, 2.45) is 0 Å². The Morgan fingerprint density at radius 1 is 0.933 bits per heavy atom. The molecule has 3 aromatic rings. The van der Waals surface area contributed by atoms with E-state index in [1.165, 1.54) is 35.9 Å². The van der Waals surface area contributed by atoms with Crippen LogP contribution >= 0.6 is 11.6 Å². The first kappa shape index (κ1) is 21.9. The Hall–Kier alpha value is -2.83. The van der Waals surface area contributed by atoms with E-state index in [0.29, 0.717) is 16.3 Å². The molecular formula is C23H23ClN2O3S. The average Bonchev–Trinajstić information content (AvgIpc) is 2.70. The van der Waals surface area contributed by atoms with Gasteiger partial charge in [0.15, 0.2) is 0 Å². The van der Waals surface area contributed by atoms with Gasteiger partial charge in [-0.25, -0.2) is 8.42 Å². The zero-order chi connectivity index (χ0) is 21.9. The van der Waals surface area contributed by atoms with Crippen LogP contribution in [0.5, 0.6) is 0 Å². The number of hydrogen-bond acceptors (Lipinski definition) is 3. The molecule has 1 atom stereocenters. The van der Waals surface area contributed by atoms with Crippen molar-refractivity contribution in [1.82, 2.24) is 5.32 Å². The Morgan fingerprint density at radius 2 is 1.63 bits per heavy atom. The smallest absolute Gasteiger partial charge is 0.261 e. The molecule has 3 rings (SSSR count). The number of amides is 1. The summed E-state index contributed by atoms with van der Waals surface area (Å²) in [5.41, 5.74) is 4.02. The van der Waals surface area contributed by atoms with Crippen LogP contribution in [0, 0.1) is 13.8 Å². The van der Waals surface area contributed by atoms with Gasteiger partial charge >= 0.3 is 0 Å². The van der Waals surface area contributed by atoms with E-state index in [1.807, 2.05) is 32.9 Å². The minimum atomic E-state index is -3.79. The largest absolute Gasteiger partial charge is 0.346 e. The molecule has 0 bridgehead atoms. The quantitative estimate of drug-likeness (QED) is 0.547. The summed E-state index contributed by atoms with van der Waals surface area (Å²) < 4.78 is 27.6. The van der Waals surface area contributed by atoms with Crippen LogP contribution in [0.15, 0.2) is 71.6 Å². The normalized spacial score (nSPS) is 12.3. The molecule has 0 aromatic heterocycles. The van der Waals surface area contributed by atoms with Crippen LogP contribution in [0.1, 0.15) is 40.0 Å². The maximum Gasteiger partial charge on any atom is 0.261 e. The minimum absolute atomic E-state index is 0.0881. The summed E-state index contributed by atoms with van der Waals surface area (Å²) in [6.07, 6.45) is 0. The van der Waals surface area contributed by atoms with E-state index in [9.17, 15) is 13.2 Å². The summed E-state index contributed by atoms with van der Waals surface area (Å²) in [6, 6.07) is 18.1. The Bertz CT molecular complexity index is 1180. The van der Waals surface area contributed by atoms with Gasteiger partial charge in [0.2, 0.25) is 0 Å². The van der Waals surface area contributed by atoms with Crippen LogP contribution in [0.3, 0.4) is 0 Å². The Morgan fingerprint density at radius 3 is 2.30 bits per heavy atom. The van der Waals surface area contributed by atoms with Crippen molar-refractivity contribution in [2.75, 3.05) is 4.72 Å². The van der Waals surface area contributed by atoms with E-state index < -0.39 is 10.0 Å². The highest BCUT2D eigenvalue weighted by Crippen LogP contribution is 2.21. The molecule has 1 amide bonds. The highest BCUT2D eigenvalue weighted by Gasteiger charge is 2.16. The summed E-state index contributed by atoms with van der Waals surface area (Å²) in [5.74, 6) is -0.284. The van der Waals surface area contributed by atoms with E-state index in [-0.39, 0.29) is 16.8 Å². The van der Waals surface area contributed by atoms with Crippen molar-refractivity contribution >= 4 is 33.2 Å². The van der Waals surface area contributed by atoms with E-state index in [0.717, 1.165) is 11.1 Å². The number of rotatable bonds is 6. The number of carbonyl (C=O) groups is 1. The first-order chi connectivity index (χ1) is 14.2. The van der Waals surface area contributed by atoms with E-state index in [2.05, 4.69) is 16.1 Å². The predicted molar refractivity (Wildman–Crippen MR) is 120 cm³/mol. The number of hydrogen-bond donors (Lipinski definition) is 2. The lowest BCUT2D eigenvalue weighted by Gasteiger charge is -2.16. The topological polar surface area (TPSA) is 75.3 Å². The third kappa shape index (κ3) is 5.20. The second-order valence-corrected chi connectivity index (χ2v) is 9.30. The molecular weight excluding hydrogens is 420 g/mol. The lowest BCUT2D eigenvalue weighted by atomic mass is 10.0. The van der Waals surface area contributed by atoms with Gasteiger partial charge in [-0.05, 0) is 79.9 Å². The number of nitrogens with one attached hydrogen (secondary N) is 2. The third-order valence-corrected chi connectivity index (χ3v) is 6.53. The summed E-state index contributed by atoms with van der Waals surface area (Å²) in [4.78, 5) is 12.8. The fourth-order valence-electron chi connectivity index (χ4n) is 2.95. The molecule has 0 heterocycles. The molecule has 7 heteroatoms. The fourth-order valence-corrected chi connectivity index (χ4v) is 4.12. The zero-order valence-corrected chi connectivity index (χ0v) is 18.5.